The van der Waals surface area contributed by atoms with E-state index in [2.05, 4.69) is 10.3 Å². The number of imidazole rings is 1. The standard InChI is InChI=1S/C22H17F3N4O2/c23-15-5-3-14(4-6-15)13-29-19-2-1-9-26-20(19)28(22(29)31)11-10-27-21(30)17-8-7-16(24)12-18(17)25/h1-9,12H,10-11,13H2,(H,27,30). The van der Waals surface area contributed by atoms with Gasteiger partial charge < -0.3 is 5.32 Å². The average Bonchev–Trinajstić information content (AvgIpc) is 3.01. The Bertz CT molecular complexity index is 1310. The molecule has 0 bridgehead atoms. The second kappa shape index (κ2) is 8.47. The molecule has 0 radical (unpaired) electrons. The van der Waals surface area contributed by atoms with E-state index < -0.39 is 17.5 Å². The highest BCUT2D eigenvalue weighted by atomic mass is 19.1. The average molecular weight is 426 g/mol. The maximum atomic E-state index is 13.8. The third-order valence-electron chi connectivity index (χ3n) is 4.83. The van der Waals surface area contributed by atoms with Crippen LogP contribution >= 0.6 is 0 Å². The monoisotopic (exact) mass is 426 g/mol. The Hall–Kier alpha value is -3.88. The lowest BCUT2D eigenvalue weighted by Gasteiger charge is -2.07. The molecule has 31 heavy (non-hydrogen) atoms. The summed E-state index contributed by atoms with van der Waals surface area (Å²) in [6, 6.07) is 12.0. The van der Waals surface area contributed by atoms with E-state index in [0.29, 0.717) is 17.2 Å². The van der Waals surface area contributed by atoms with Crippen molar-refractivity contribution >= 4 is 17.1 Å². The van der Waals surface area contributed by atoms with Gasteiger partial charge >= 0.3 is 5.69 Å². The number of rotatable bonds is 6. The van der Waals surface area contributed by atoms with Crippen LogP contribution in [0.5, 0.6) is 0 Å². The van der Waals surface area contributed by atoms with Crippen LogP contribution in [0.15, 0.2) is 65.6 Å². The molecule has 158 valence electrons. The number of carbonyl (C=O) groups excluding carboxylic acids is 1. The molecule has 1 amide bonds. The van der Waals surface area contributed by atoms with Gasteiger partial charge in [-0.15, -0.1) is 0 Å². The lowest BCUT2D eigenvalue weighted by Crippen LogP contribution is -2.32. The number of fused-ring (bicyclic) bond motifs is 1. The molecule has 2 heterocycles. The molecule has 0 spiro atoms. The van der Waals surface area contributed by atoms with Gasteiger partial charge in [-0.2, -0.15) is 0 Å². The van der Waals surface area contributed by atoms with Crippen molar-refractivity contribution in [2.45, 2.75) is 13.1 Å². The van der Waals surface area contributed by atoms with Crippen molar-refractivity contribution in [1.82, 2.24) is 19.4 Å². The van der Waals surface area contributed by atoms with Crippen molar-refractivity contribution in [2.75, 3.05) is 6.54 Å². The van der Waals surface area contributed by atoms with Crippen molar-refractivity contribution in [1.29, 1.82) is 0 Å². The molecule has 9 heteroatoms. The van der Waals surface area contributed by atoms with E-state index in [9.17, 15) is 22.8 Å². The van der Waals surface area contributed by atoms with Gasteiger partial charge in [0.2, 0.25) is 0 Å². The van der Waals surface area contributed by atoms with Crippen LogP contribution in [0.1, 0.15) is 15.9 Å². The first-order valence-electron chi connectivity index (χ1n) is 9.46. The van der Waals surface area contributed by atoms with Crippen LogP contribution in [0.25, 0.3) is 11.2 Å². The highest BCUT2D eigenvalue weighted by Gasteiger charge is 2.16. The second-order valence-electron chi connectivity index (χ2n) is 6.87. The minimum Gasteiger partial charge on any atom is -0.350 e. The minimum absolute atomic E-state index is 0.0296. The van der Waals surface area contributed by atoms with Crippen molar-refractivity contribution in [3.8, 4) is 0 Å². The number of nitrogens with zero attached hydrogens (tertiary/aromatic N) is 3. The molecule has 2 aromatic carbocycles. The van der Waals surface area contributed by atoms with Crippen molar-refractivity contribution in [3.05, 3.63) is 99.9 Å². The van der Waals surface area contributed by atoms with Crippen LogP contribution in [-0.2, 0) is 13.1 Å². The molecule has 0 aliphatic rings. The van der Waals surface area contributed by atoms with Gasteiger partial charge in [0.25, 0.3) is 5.91 Å². The zero-order valence-corrected chi connectivity index (χ0v) is 16.2. The number of nitrogens with one attached hydrogen (secondary N) is 1. The van der Waals surface area contributed by atoms with E-state index in [0.717, 1.165) is 17.7 Å². The quantitative estimate of drug-likeness (QED) is 0.515. The molecule has 0 aliphatic carbocycles. The Morgan fingerprint density at radius 1 is 0.968 bits per heavy atom. The van der Waals surface area contributed by atoms with Gasteiger partial charge in [0.05, 0.1) is 17.6 Å². The summed E-state index contributed by atoms with van der Waals surface area (Å²) in [5, 5.41) is 2.53. The van der Waals surface area contributed by atoms with E-state index in [1.807, 2.05) is 0 Å². The summed E-state index contributed by atoms with van der Waals surface area (Å²) >= 11 is 0. The smallest absolute Gasteiger partial charge is 0.330 e. The largest absolute Gasteiger partial charge is 0.350 e. The van der Waals surface area contributed by atoms with Gasteiger partial charge in [-0.1, -0.05) is 12.1 Å². The van der Waals surface area contributed by atoms with Gasteiger partial charge in [-0.05, 0) is 42.0 Å². The van der Waals surface area contributed by atoms with E-state index in [4.69, 9.17) is 0 Å². The van der Waals surface area contributed by atoms with E-state index >= 15 is 0 Å². The molecule has 4 rings (SSSR count). The van der Waals surface area contributed by atoms with Crippen LogP contribution in [-0.4, -0.2) is 26.6 Å². The molecule has 0 atom stereocenters. The van der Waals surface area contributed by atoms with Gasteiger partial charge in [0, 0.05) is 25.4 Å². The van der Waals surface area contributed by atoms with Crippen LogP contribution < -0.4 is 11.0 Å². The molecule has 4 aromatic rings. The SMILES string of the molecule is O=C(NCCn1c(=O)n(Cc2ccc(F)cc2)c2cccnc21)c1ccc(F)cc1F. The third kappa shape index (κ3) is 4.20. The summed E-state index contributed by atoms with van der Waals surface area (Å²) in [5.41, 5.74) is 1.13. The Morgan fingerprint density at radius 2 is 1.71 bits per heavy atom. The predicted molar refractivity (Wildman–Crippen MR) is 108 cm³/mol. The lowest BCUT2D eigenvalue weighted by atomic mass is 10.2. The number of aromatic nitrogens is 3. The fraction of sp³-hybridized carbons (Fsp3) is 0.136. The van der Waals surface area contributed by atoms with E-state index in [1.165, 1.54) is 21.3 Å². The number of hydrogen-bond donors (Lipinski definition) is 1. The number of pyridine rings is 1. The maximum absolute atomic E-state index is 13.8. The molecule has 0 unspecified atom stereocenters. The zero-order valence-electron chi connectivity index (χ0n) is 16.2. The number of hydrogen-bond acceptors (Lipinski definition) is 3. The highest BCUT2D eigenvalue weighted by Crippen LogP contribution is 2.13. The van der Waals surface area contributed by atoms with Crippen LogP contribution in [0, 0.1) is 17.5 Å². The van der Waals surface area contributed by atoms with E-state index in [-0.39, 0.29) is 36.7 Å². The molecular weight excluding hydrogens is 409 g/mol. The Morgan fingerprint density at radius 3 is 2.45 bits per heavy atom. The van der Waals surface area contributed by atoms with Crippen LogP contribution in [0.4, 0.5) is 13.2 Å². The highest BCUT2D eigenvalue weighted by molar-refractivity contribution is 5.94. The first-order valence-corrected chi connectivity index (χ1v) is 9.46. The summed E-state index contributed by atoms with van der Waals surface area (Å²) in [6.07, 6.45) is 1.55. The molecule has 0 fully saturated rings. The molecule has 1 N–H and O–H groups in total. The van der Waals surface area contributed by atoms with Gasteiger partial charge in [-0.25, -0.2) is 22.9 Å². The third-order valence-corrected chi connectivity index (χ3v) is 4.83. The zero-order chi connectivity index (χ0) is 22.0. The van der Waals surface area contributed by atoms with E-state index in [1.54, 1.807) is 30.5 Å². The summed E-state index contributed by atoms with van der Waals surface area (Å²) < 4.78 is 42.9. The lowest BCUT2D eigenvalue weighted by molar-refractivity contribution is 0.0948. The first kappa shape index (κ1) is 20.4. The summed E-state index contributed by atoms with van der Waals surface area (Å²) in [5.74, 6) is -2.82. The fourth-order valence-electron chi connectivity index (χ4n) is 3.32. The van der Waals surface area contributed by atoms with Gasteiger partial charge in [0.15, 0.2) is 5.65 Å². The second-order valence-corrected chi connectivity index (χ2v) is 6.87. The normalized spacial score (nSPS) is 11.1. The summed E-state index contributed by atoms with van der Waals surface area (Å²) in [6.45, 7) is 0.348. The predicted octanol–water partition coefficient (Wildman–Crippen LogP) is 3.09. The Balaban J connectivity index is 1.55. The Kier molecular flexibility index (Phi) is 5.57. The van der Waals surface area contributed by atoms with Crippen LogP contribution in [0.3, 0.4) is 0 Å². The fourth-order valence-corrected chi connectivity index (χ4v) is 3.32. The molecule has 0 saturated heterocycles. The molecule has 0 aliphatic heterocycles. The molecule has 0 saturated carbocycles. The molecule has 2 aromatic heterocycles. The van der Waals surface area contributed by atoms with Gasteiger partial charge in [-0.3, -0.25) is 13.9 Å². The number of carbonyl (C=O) groups is 1. The van der Waals surface area contributed by atoms with Gasteiger partial charge in [0.1, 0.15) is 17.5 Å². The maximum Gasteiger partial charge on any atom is 0.330 e. The number of benzene rings is 2. The molecular formula is C22H17F3N4O2. The topological polar surface area (TPSA) is 68.9 Å². The number of amides is 1. The Labute approximate surface area is 174 Å². The minimum atomic E-state index is -0.966. The summed E-state index contributed by atoms with van der Waals surface area (Å²) in [4.78, 5) is 29.4. The van der Waals surface area contributed by atoms with Crippen molar-refractivity contribution < 1.29 is 18.0 Å². The van der Waals surface area contributed by atoms with Crippen LogP contribution in [0.2, 0.25) is 0 Å². The van der Waals surface area contributed by atoms with Crippen molar-refractivity contribution in [2.24, 2.45) is 0 Å². The molecule has 6 nitrogen and oxygen atoms in total. The van der Waals surface area contributed by atoms with Crippen molar-refractivity contribution in [3.63, 3.8) is 0 Å². The summed E-state index contributed by atoms with van der Waals surface area (Å²) in [7, 11) is 0. The number of halogens is 3. The first-order chi connectivity index (χ1) is 14.9.